The highest BCUT2D eigenvalue weighted by molar-refractivity contribution is 7.21. The fraction of sp³-hybridized carbons (Fsp3) is 0.0625. The summed E-state index contributed by atoms with van der Waals surface area (Å²) in [6, 6.07) is 15.1. The molecular weight excluding hydrogens is 304 g/mol. The van der Waals surface area contributed by atoms with Gasteiger partial charge < -0.3 is 11.1 Å². The SMILES string of the molecule is Nc1c(C(=O)NCc2ccc(Cl)cc2)sc2ccccc12. The van der Waals surface area contributed by atoms with E-state index in [1.54, 1.807) is 12.1 Å². The number of nitrogens with one attached hydrogen (secondary N) is 1. The topological polar surface area (TPSA) is 55.1 Å². The molecule has 5 heteroatoms. The second kappa shape index (κ2) is 5.76. The lowest BCUT2D eigenvalue weighted by molar-refractivity contribution is 0.0956. The molecule has 1 aromatic heterocycles. The van der Waals surface area contributed by atoms with Crippen LogP contribution in [0.3, 0.4) is 0 Å². The number of carbonyl (C=O) groups excluding carboxylic acids is 1. The minimum atomic E-state index is -0.149. The van der Waals surface area contributed by atoms with Gasteiger partial charge in [-0.3, -0.25) is 4.79 Å². The monoisotopic (exact) mass is 316 g/mol. The summed E-state index contributed by atoms with van der Waals surface area (Å²) in [6.07, 6.45) is 0. The Balaban J connectivity index is 1.78. The highest BCUT2D eigenvalue weighted by Gasteiger charge is 2.15. The van der Waals surface area contributed by atoms with Crippen molar-refractivity contribution in [3.63, 3.8) is 0 Å². The Hall–Kier alpha value is -2.04. The predicted molar refractivity (Wildman–Crippen MR) is 88.9 cm³/mol. The molecule has 0 atom stereocenters. The van der Waals surface area contributed by atoms with Gasteiger partial charge in [0.15, 0.2) is 0 Å². The van der Waals surface area contributed by atoms with Gasteiger partial charge in [-0.2, -0.15) is 0 Å². The molecule has 0 saturated heterocycles. The van der Waals surface area contributed by atoms with Crippen LogP contribution in [0.2, 0.25) is 5.02 Å². The van der Waals surface area contributed by atoms with Gasteiger partial charge in [-0.25, -0.2) is 0 Å². The van der Waals surface area contributed by atoms with Gasteiger partial charge in [0.05, 0.1) is 5.69 Å². The van der Waals surface area contributed by atoms with Gasteiger partial charge in [0.2, 0.25) is 0 Å². The molecule has 0 aliphatic rings. The number of anilines is 1. The fourth-order valence-electron chi connectivity index (χ4n) is 2.10. The van der Waals surface area contributed by atoms with E-state index < -0.39 is 0 Å². The number of hydrogen-bond acceptors (Lipinski definition) is 3. The van der Waals surface area contributed by atoms with Crippen molar-refractivity contribution in [3.8, 4) is 0 Å². The second-order valence-electron chi connectivity index (χ2n) is 4.65. The largest absolute Gasteiger partial charge is 0.397 e. The molecule has 3 nitrogen and oxygen atoms in total. The second-order valence-corrected chi connectivity index (χ2v) is 6.14. The summed E-state index contributed by atoms with van der Waals surface area (Å²) in [5.74, 6) is -0.149. The zero-order chi connectivity index (χ0) is 14.8. The normalized spacial score (nSPS) is 10.7. The van der Waals surface area contributed by atoms with Crippen molar-refractivity contribution >= 4 is 44.6 Å². The molecule has 1 amide bonds. The van der Waals surface area contributed by atoms with Gasteiger partial charge in [0.1, 0.15) is 4.88 Å². The number of rotatable bonds is 3. The first-order chi connectivity index (χ1) is 10.1. The first kappa shape index (κ1) is 13.9. The van der Waals surface area contributed by atoms with E-state index in [0.717, 1.165) is 15.6 Å². The van der Waals surface area contributed by atoms with Crippen LogP contribution in [-0.2, 0) is 6.54 Å². The molecule has 0 spiro atoms. The predicted octanol–water partition coefficient (Wildman–Crippen LogP) is 4.07. The van der Waals surface area contributed by atoms with Crippen molar-refractivity contribution in [1.29, 1.82) is 0 Å². The van der Waals surface area contributed by atoms with Crippen molar-refractivity contribution in [1.82, 2.24) is 5.32 Å². The van der Waals surface area contributed by atoms with Crippen molar-refractivity contribution in [2.75, 3.05) is 5.73 Å². The molecule has 2 aromatic carbocycles. The maximum Gasteiger partial charge on any atom is 0.263 e. The third-order valence-corrected chi connectivity index (χ3v) is 4.64. The van der Waals surface area contributed by atoms with E-state index in [1.165, 1.54) is 11.3 Å². The molecule has 0 aliphatic heterocycles. The molecule has 0 saturated carbocycles. The number of nitrogens with two attached hydrogens (primary N) is 1. The number of thiophene rings is 1. The van der Waals surface area contributed by atoms with Crippen LogP contribution in [-0.4, -0.2) is 5.91 Å². The Bertz CT molecular complexity index is 796. The van der Waals surface area contributed by atoms with Crippen molar-refractivity contribution in [2.45, 2.75) is 6.54 Å². The summed E-state index contributed by atoms with van der Waals surface area (Å²) < 4.78 is 1.02. The highest BCUT2D eigenvalue weighted by atomic mass is 35.5. The molecule has 21 heavy (non-hydrogen) atoms. The van der Waals surface area contributed by atoms with Gasteiger partial charge >= 0.3 is 0 Å². The Labute approximate surface area is 131 Å². The summed E-state index contributed by atoms with van der Waals surface area (Å²) >= 11 is 7.25. The van der Waals surface area contributed by atoms with Gasteiger partial charge in [-0.1, -0.05) is 41.9 Å². The van der Waals surface area contributed by atoms with Crippen molar-refractivity contribution < 1.29 is 4.79 Å². The van der Waals surface area contributed by atoms with Crippen LogP contribution >= 0.6 is 22.9 Å². The zero-order valence-corrected chi connectivity index (χ0v) is 12.7. The summed E-state index contributed by atoms with van der Waals surface area (Å²) in [6.45, 7) is 0.448. The van der Waals surface area contributed by atoms with Gasteiger partial charge in [-0.15, -0.1) is 11.3 Å². The van der Waals surface area contributed by atoms with Crippen molar-refractivity contribution in [3.05, 3.63) is 64.0 Å². The maximum absolute atomic E-state index is 12.3. The van der Waals surface area contributed by atoms with E-state index >= 15 is 0 Å². The lowest BCUT2D eigenvalue weighted by Gasteiger charge is -2.04. The van der Waals surface area contributed by atoms with E-state index in [-0.39, 0.29) is 5.91 Å². The average molecular weight is 317 g/mol. The lowest BCUT2D eigenvalue weighted by atomic mass is 10.2. The molecule has 0 radical (unpaired) electrons. The Morgan fingerprint density at radius 3 is 2.57 bits per heavy atom. The fourth-order valence-corrected chi connectivity index (χ4v) is 3.26. The first-order valence-corrected chi connectivity index (χ1v) is 7.64. The quantitative estimate of drug-likeness (QED) is 0.765. The van der Waals surface area contributed by atoms with Crippen LogP contribution < -0.4 is 11.1 Å². The Morgan fingerprint density at radius 1 is 1.14 bits per heavy atom. The number of benzene rings is 2. The number of nitrogen functional groups attached to an aromatic ring is 1. The van der Waals surface area contributed by atoms with E-state index in [0.29, 0.717) is 22.1 Å². The zero-order valence-electron chi connectivity index (χ0n) is 11.1. The molecule has 3 N–H and O–H groups in total. The number of fused-ring (bicyclic) bond motifs is 1. The molecule has 0 unspecified atom stereocenters. The average Bonchev–Trinajstić information content (AvgIpc) is 2.84. The van der Waals surface area contributed by atoms with E-state index in [1.807, 2.05) is 36.4 Å². The molecule has 0 fully saturated rings. The minimum Gasteiger partial charge on any atom is -0.397 e. The summed E-state index contributed by atoms with van der Waals surface area (Å²) in [7, 11) is 0. The molecular formula is C16H13ClN2OS. The Morgan fingerprint density at radius 2 is 1.86 bits per heavy atom. The molecule has 0 aliphatic carbocycles. The molecule has 3 aromatic rings. The Kier molecular flexibility index (Phi) is 3.82. The summed E-state index contributed by atoms with van der Waals surface area (Å²) in [5, 5.41) is 4.49. The van der Waals surface area contributed by atoms with E-state index in [4.69, 9.17) is 17.3 Å². The van der Waals surface area contributed by atoms with Crippen LogP contribution in [0.5, 0.6) is 0 Å². The van der Waals surface area contributed by atoms with Gasteiger partial charge in [0.25, 0.3) is 5.91 Å². The lowest BCUT2D eigenvalue weighted by Crippen LogP contribution is -2.22. The summed E-state index contributed by atoms with van der Waals surface area (Å²) in [5.41, 5.74) is 7.60. The molecule has 1 heterocycles. The van der Waals surface area contributed by atoms with Crippen LogP contribution in [0.4, 0.5) is 5.69 Å². The van der Waals surface area contributed by atoms with Crippen LogP contribution in [0.15, 0.2) is 48.5 Å². The third kappa shape index (κ3) is 2.86. The number of carbonyl (C=O) groups is 1. The van der Waals surface area contributed by atoms with Crippen LogP contribution in [0, 0.1) is 0 Å². The number of halogens is 1. The number of amides is 1. The van der Waals surface area contributed by atoms with E-state index in [2.05, 4.69) is 5.32 Å². The molecule has 3 rings (SSSR count). The first-order valence-electron chi connectivity index (χ1n) is 6.45. The van der Waals surface area contributed by atoms with Crippen molar-refractivity contribution in [2.24, 2.45) is 0 Å². The van der Waals surface area contributed by atoms with Crippen LogP contribution in [0.25, 0.3) is 10.1 Å². The molecule has 106 valence electrons. The minimum absolute atomic E-state index is 0.149. The van der Waals surface area contributed by atoms with Gasteiger partial charge in [-0.05, 0) is 23.8 Å². The van der Waals surface area contributed by atoms with Crippen LogP contribution in [0.1, 0.15) is 15.2 Å². The summed E-state index contributed by atoms with van der Waals surface area (Å²) in [4.78, 5) is 12.8. The number of hydrogen-bond donors (Lipinski definition) is 2. The third-order valence-electron chi connectivity index (χ3n) is 3.21. The molecule has 0 bridgehead atoms. The maximum atomic E-state index is 12.3. The van der Waals surface area contributed by atoms with Gasteiger partial charge in [0, 0.05) is 21.7 Å². The van der Waals surface area contributed by atoms with E-state index in [9.17, 15) is 4.79 Å². The highest BCUT2D eigenvalue weighted by Crippen LogP contribution is 2.33. The smallest absolute Gasteiger partial charge is 0.263 e. The standard InChI is InChI=1S/C16H13ClN2OS/c17-11-7-5-10(6-8-11)9-19-16(20)15-14(18)12-3-1-2-4-13(12)21-15/h1-8H,9,18H2,(H,19,20).